The maximum Gasteiger partial charge on any atom is 0.155 e. The maximum atomic E-state index is 5.68. The molecule has 0 aliphatic carbocycles. The average molecular weight is 335 g/mol. The van der Waals surface area contributed by atoms with Crippen molar-refractivity contribution >= 4 is 0 Å². The zero-order valence-electron chi connectivity index (χ0n) is 16.9. The Labute approximate surface area is 150 Å². The Bertz CT molecular complexity index is 403. The maximum absolute atomic E-state index is 5.68. The Hall–Kier alpha value is -1.12. The van der Waals surface area contributed by atoms with Crippen molar-refractivity contribution in [3.05, 3.63) is 46.6 Å². The molecule has 0 amide bonds. The molecule has 0 unspecified atom stereocenters. The van der Waals surface area contributed by atoms with Crippen LogP contribution in [0.25, 0.3) is 0 Å². The van der Waals surface area contributed by atoms with Crippen LogP contribution in [0.5, 0.6) is 0 Å². The minimum atomic E-state index is -0.173. The monoisotopic (exact) mass is 334 g/mol. The van der Waals surface area contributed by atoms with Crippen molar-refractivity contribution in [1.29, 1.82) is 0 Å². The fourth-order valence-electron chi connectivity index (χ4n) is 2.08. The molecule has 24 heavy (non-hydrogen) atoms. The third kappa shape index (κ3) is 15.8. The first kappa shape index (κ1) is 22.9. The third-order valence-corrected chi connectivity index (χ3v) is 3.71. The Morgan fingerprint density at radius 3 is 1.38 bits per heavy atom. The van der Waals surface area contributed by atoms with Gasteiger partial charge in [0.05, 0.1) is 13.2 Å². The molecule has 0 atom stereocenters. The zero-order valence-corrected chi connectivity index (χ0v) is 16.9. The molecule has 0 fully saturated rings. The molecule has 0 aromatic heterocycles. The fourth-order valence-corrected chi connectivity index (χ4v) is 2.08. The summed E-state index contributed by atoms with van der Waals surface area (Å²) >= 11 is 0. The minimum absolute atomic E-state index is 0.173. The standard InChI is InChI=1S/C22H38O2/c1-18(2)10-8-12-20(5)14-16-23-22(7)24-17-15-21(6)13-9-11-19(3)4/h10-11,14-15,22H,8-9,12-13,16-17H2,1-7H3/b20-14+,21-15+. The number of ether oxygens (including phenoxy) is 2. The normalized spacial score (nSPS) is 13.6. The fraction of sp³-hybridized carbons (Fsp3) is 0.636. The van der Waals surface area contributed by atoms with E-state index in [1.54, 1.807) is 0 Å². The van der Waals surface area contributed by atoms with Crippen LogP contribution in [0.2, 0.25) is 0 Å². The van der Waals surface area contributed by atoms with Gasteiger partial charge in [0.15, 0.2) is 6.29 Å². The lowest BCUT2D eigenvalue weighted by molar-refractivity contribution is -0.114. The summed E-state index contributed by atoms with van der Waals surface area (Å²) in [5, 5.41) is 0. The molecule has 0 radical (unpaired) electrons. The quantitative estimate of drug-likeness (QED) is 0.290. The molecule has 2 heteroatoms. The van der Waals surface area contributed by atoms with Gasteiger partial charge < -0.3 is 9.47 Å². The van der Waals surface area contributed by atoms with Crippen LogP contribution in [0.1, 0.15) is 74.1 Å². The molecular formula is C22H38O2. The van der Waals surface area contributed by atoms with Gasteiger partial charge in [0, 0.05) is 0 Å². The van der Waals surface area contributed by atoms with Gasteiger partial charge in [-0.1, -0.05) is 46.6 Å². The summed E-state index contributed by atoms with van der Waals surface area (Å²) in [5.41, 5.74) is 5.50. The van der Waals surface area contributed by atoms with Gasteiger partial charge in [-0.25, -0.2) is 0 Å². The van der Waals surface area contributed by atoms with Gasteiger partial charge in [0.2, 0.25) is 0 Å². The highest BCUT2D eigenvalue weighted by atomic mass is 16.7. The smallest absolute Gasteiger partial charge is 0.155 e. The summed E-state index contributed by atoms with van der Waals surface area (Å²) in [5.74, 6) is 0. The first-order chi connectivity index (χ1) is 11.3. The van der Waals surface area contributed by atoms with Crippen LogP contribution in [0, 0.1) is 0 Å². The van der Waals surface area contributed by atoms with Crippen LogP contribution in [0.3, 0.4) is 0 Å². The van der Waals surface area contributed by atoms with E-state index in [4.69, 9.17) is 9.47 Å². The summed E-state index contributed by atoms with van der Waals surface area (Å²) in [4.78, 5) is 0. The van der Waals surface area contributed by atoms with Crippen molar-refractivity contribution in [3.63, 3.8) is 0 Å². The number of allylic oxidation sites excluding steroid dienone is 6. The lowest BCUT2D eigenvalue weighted by Crippen LogP contribution is -2.13. The molecular weight excluding hydrogens is 296 g/mol. The van der Waals surface area contributed by atoms with Crippen molar-refractivity contribution in [3.8, 4) is 0 Å². The summed E-state index contributed by atoms with van der Waals surface area (Å²) in [7, 11) is 0. The second-order valence-electron chi connectivity index (χ2n) is 6.98. The van der Waals surface area contributed by atoms with E-state index in [0.717, 1.165) is 25.7 Å². The van der Waals surface area contributed by atoms with Gasteiger partial charge in [-0.15, -0.1) is 0 Å². The summed E-state index contributed by atoms with van der Waals surface area (Å²) in [6.07, 6.45) is 13.1. The van der Waals surface area contributed by atoms with Gasteiger partial charge >= 0.3 is 0 Å². The second-order valence-corrected chi connectivity index (χ2v) is 6.98. The van der Waals surface area contributed by atoms with Crippen LogP contribution in [0.4, 0.5) is 0 Å². The van der Waals surface area contributed by atoms with Crippen LogP contribution in [-0.2, 0) is 9.47 Å². The van der Waals surface area contributed by atoms with Gasteiger partial charge in [-0.2, -0.15) is 0 Å². The molecule has 138 valence electrons. The molecule has 0 N–H and O–H groups in total. The molecule has 0 heterocycles. The molecule has 0 spiro atoms. The summed E-state index contributed by atoms with van der Waals surface area (Å²) in [6, 6.07) is 0. The van der Waals surface area contributed by atoms with E-state index in [-0.39, 0.29) is 6.29 Å². The highest BCUT2D eigenvalue weighted by Crippen LogP contribution is 2.08. The first-order valence-electron chi connectivity index (χ1n) is 9.12. The number of hydrogen-bond donors (Lipinski definition) is 0. The Morgan fingerprint density at radius 2 is 1.04 bits per heavy atom. The van der Waals surface area contributed by atoms with Crippen molar-refractivity contribution in [2.75, 3.05) is 13.2 Å². The van der Waals surface area contributed by atoms with Crippen LogP contribution < -0.4 is 0 Å². The van der Waals surface area contributed by atoms with E-state index >= 15 is 0 Å². The van der Waals surface area contributed by atoms with E-state index in [0.29, 0.717) is 13.2 Å². The zero-order chi connectivity index (χ0) is 18.4. The molecule has 0 aliphatic heterocycles. The van der Waals surface area contributed by atoms with Crippen LogP contribution >= 0.6 is 0 Å². The molecule has 0 aromatic rings. The first-order valence-corrected chi connectivity index (χ1v) is 9.12. The third-order valence-electron chi connectivity index (χ3n) is 3.71. The van der Waals surface area contributed by atoms with Crippen LogP contribution in [-0.4, -0.2) is 19.5 Å². The number of rotatable bonds is 12. The Kier molecular flexibility index (Phi) is 13.6. The lowest BCUT2D eigenvalue weighted by atomic mass is 10.1. The molecule has 2 nitrogen and oxygen atoms in total. The van der Waals surface area contributed by atoms with Crippen molar-refractivity contribution in [1.82, 2.24) is 0 Å². The van der Waals surface area contributed by atoms with Gasteiger partial charge in [0.1, 0.15) is 0 Å². The van der Waals surface area contributed by atoms with E-state index in [1.165, 1.54) is 22.3 Å². The average Bonchev–Trinajstić information content (AvgIpc) is 2.46. The molecule has 0 aliphatic rings. The Morgan fingerprint density at radius 1 is 0.667 bits per heavy atom. The largest absolute Gasteiger partial charge is 0.349 e. The van der Waals surface area contributed by atoms with Crippen molar-refractivity contribution in [2.24, 2.45) is 0 Å². The minimum Gasteiger partial charge on any atom is -0.349 e. The predicted octanol–water partition coefficient (Wildman–Crippen LogP) is 6.75. The summed E-state index contributed by atoms with van der Waals surface area (Å²) < 4.78 is 11.4. The predicted molar refractivity (Wildman–Crippen MR) is 106 cm³/mol. The van der Waals surface area contributed by atoms with Crippen LogP contribution in [0.15, 0.2) is 46.6 Å². The molecule has 0 bridgehead atoms. The lowest BCUT2D eigenvalue weighted by Gasteiger charge is -2.12. The molecule has 0 saturated carbocycles. The SMILES string of the molecule is CC(C)=CCC/C(C)=C/COC(C)OC/C=C(\C)CCC=C(C)C. The molecule has 0 saturated heterocycles. The van der Waals surface area contributed by atoms with E-state index in [9.17, 15) is 0 Å². The number of hydrogen-bond acceptors (Lipinski definition) is 2. The summed E-state index contributed by atoms with van der Waals surface area (Å²) in [6.45, 7) is 16.1. The Balaban J connectivity index is 3.87. The highest BCUT2D eigenvalue weighted by molar-refractivity contribution is 5.03. The molecule has 0 rings (SSSR count). The topological polar surface area (TPSA) is 18.5 Å². The van der Waals surface area contributed by atoms with E-state index in [1.807, 2.05) is 6.92 Å². The van der Waals surface area contributed by atoms with E-state index < -0.39 is 0 Å². The van der Waals surface area contributed by atoms with Crippen molar-refractivity contribution < 1.29 is 9.47 Å². The van der Waals surface area contributed by atoms with Gasteiger partial charge in [-0.3, -0.25) is 0 Å². The highest BCUT2D eigenvalue weighted by Gasteiger charge is 2.00. The van der Waals surface area contributed by atoms with Gasteiger partial charge in [0.25, 0.3) is 0 Å². The second kappa shape index (κ2) is 14.2. The van der Waals surface area contributed by atoms with Crippen molar-refractivity contribution in [2.45, 2.75) is 80.4 Å². The molecule has 0 aromatic carbocycles. The van der Waals surface area contributed by atoms with E-state index in [2.05, 4.69) is 65.8 Å². The van der Waals surface area contributed by atoms with Gasteiger partial charge in [-0.05, 0) is 74.1 Å².